The minimum atomic E-state index is 0.0133. The van der Waals surface area contributed by atoms with Crippen LogP contribution in [0.5, 0.6) is 0 Å². The first kappa shape index (κ1) is 21.5. The molecule has 0 spiro atoms. The summed E-state index contributed by atoms with van der Waals surface area (Å²) in [6, 6.07) is 26.7. The van der Waals surface area contributed by atoms with Crippen LogP contribution >= 0.6 is 11.6 Å². The Kier molecular flexibility index (Phi) is 5.82. The van der Waals surface area contributed by atoms with Gasteiger partial charge in [-0.15, -0.1) is 11.6 Å². The van der Waals surface area contributed by atoms with Crippen molar-refractivity contribution in [2.75, 3.05) is 10.8 Å². The van der Waals surface area contributed by atoms with E-state index in [1.165, 1.54) is 11.1 Å². The molecule has 0 atom stereocenters. The maximum Gasteiger partial charge on any atom is 0.258 e. The summed E-state index contributed by atoms with van der Waals surface area (Å²) in [6.45, 7) is 5.43. The molecular formula is C29H26ClN2O. The first-order valence-corrected chi connectivity index (χ1v) is 11.7. The Hall–Kier alpha value is -3.30. The molecule has 1 radical (unpaired) electrons. The molecule has 0 saturated carbocycles. The number of alkyl halides is 1. The number of hydrogen-bond acceptors (Lipinski definition) is 1. The fourth-order valence-corrected chi connectivity index (χ4v) is 4.91. The van der Waals surface area contributed by atoms with Crippen molar-refractivity contribution in [3.63, 3.8) is 0 Å². The number of aromatic nitrogens is 1. The molecule has 1 aromatic heterocycles. The molecule has 1 aliphatic heterocycles. The lowest BCUT2D eigenvalue weighted by Gasteiger charge is -2.23. The quantitative estimate of drug-likeness (QED) is 0.313. The maximum atomic E-state index is 13.8. The summed E-state index contributed by atoms with van der Waals surface area (Å²) >= 11 is 5.98. The Balaban J connectivity index is 1.54. The van der Waals surface area contributed by atoms with Crippen molar-refractivity contribution in [2.45, 2.75) is 26.9 Å². The highest BCUT2D eigenvalue weighted by Gasteiger charge is 2.26. The van der Waals surface area contributed by atoms with E-state index < -0.39 is 0 Å². The average molecular weight is 454 g/mol. The Morgan fingerprint density at radius 2 is 1.64 bits per heavy atom. The fraction of sp³-hybridized carbons (Fsp3) is 0.172. The van der Waals surface area contributed by atoms with Gasteiger partial charge in [-0.3, -0.25) is 4.79 Å². The molecule has 0 fully saturated rings. The molecule has 0 aliphatic carbocycles. The number of benzene rings is 3. The molecule has 33 heavy (non-hydrogen) atoms. The Labute approximate surface area is 200 Å². The lowest BCUT2D eigenvalue weighted by atomic mass is 9.95. The molecule has 0 unspecified atom stereocenters. The number of nitrogens with zero attached hydrogens (tertiary/aromatic N) is 2. The molecule has 165 valence electrons. The Morgan fingerprint density at radius 1 is 0.879 bits per heavy atom. The van der Waals surface area contributed by atoms with E-state index in [-0.39, 0.29) is 5.91 Å². The molecule has 3 aromatic carbocycles. The van der Waals surface area contributed by atoms with Crippen molar-refractivity contribution in [1.82, 2.24) is 4.57 Å². The minimum Gasteiger partial charge on any atom is -0.342 e. The second kappa shape index (κ2) is 8.92. The number of carbonyl (C=O) groups is 1. The van der Waals surface area contributed by atoms with Gasteiger partial charge < -0.3 is 9.47 Å². The van der Waals surface area contributed by atoms with Crippen LogP contribution in [0.2, 0.25) is 0 Å². The van der Waals surface area contributed by atoms with E-state index in [9.17, 15) is 4.79 Å². The number of hydrogen-bond donors (Lipinski definition) is 0. The van der Waals surface area contributed by atoms with Crippen LogP contribution in [0.1, 0.15) is 38.4 Å². The number of fused-ring (bicyclic) bond motifs is 2. The van der Waals surface area contributed by atoms with E-state index in [0.717, 1.165) is 40.3 Å². The number of aryl methyl sites for hydroxylation is 2. The van der Waals surface area contributed by atoms with Crippen LogP contribution in [-0.4, -0.2) is 16.4 Å². The van der Waals surface area contributed by atoms with Crippen molar-refractivity contribution in [2.24, 2.45) is 0 Å². The number of halogens is 1. The molecule has 4 aromatic rings. The van der Waals surface area contributed by atoms with Crippen molar-refractivity contribution >= 4 is 23.2 Å². The Bertz CT molecular complexity index is 1340. The van der Waals surface area contributed by atoms with Gasteiger partial charge >= 0.3 is 0 Å². The fourth-order valence-electron chi connectivity index (χ4n) is 4.75. The van der Waals surface area contributed by atoms with Crippen molar-refractivity contribution in [3.05, 3.63) is 119 Å². The lowest BCUT2D eigenvalue weighted by molar-refractivity contribution is 0.0985. The molecule has 0 saturated heterocycles. The van der Waals surface area contributed by atoms with Crippen LogP contribution in [0.25, 0.3) is 11.1 Å². The van der Waals surface area contributed by atoms with Crippen LogP contribution in [-0.2, 0) is 13.1 Å². The third kappa shape index (κ3) is 3.98. The number of anilines is 1. The van der Waals surface area contributed by atoms with Crippen molar-refractivity contribution in [1.29, 1.82) is 0 Å². The highest BCUT2D eigenvalue weighted by atomic mass is 35.5. The number of amides is 1. The summed E-state index contributed by atoms with van der Waals surface area (Å²) in [5.41, 5.74) is 9.67. The van der Waals surface area contributed by atoms with Crippen LogP contribution < -0.4 is 4.90 Å². The second-order valence-electron chi connectivity index (χ2n) is 8.56. The monoisotopic (exact) mass is 453 g/mol. The van der Waals surface area contributed by atoms with Crippen LogP contribution in [0.3, 0.4) is 0 Å². The summed E-state index contributed by atoms with van der Waals surface area (Å²) in [4.78, 5) is 15.7. The molecule has 5 rings (SSSR count). The standard InChI is InChI=1S/C29H26ClN2O/c1-20-7-3-5-9-26(20)27-14-11-22(17-21(27)2)29(33)32-19-25-13-12-24(15-16-30)31(25)18-23-8-4-6-10-28(23)32/h3-15,17H,16,18-19H2,1-2H3. The average Bonchev–Trinajstić information content (AvgIpc) is 3.10. The second-order valence-corrected chi connectivity index (χ2v) is 8.87. The Morgan fingerprint density at radius 3 is 2.42 bits per heavy atom. The third-order valence-corrected chi connectivity index (χ3v) is 6.63. The number of carbonyl (C=O) groups excluding carboxylic acids is 1. The van der Waals surface area contributed by atoms with Crippen molar-refractivity contribution < 1.29 is 4.79 Å². The van der Waals surface area contributed by atoms with Crippen LogP contribution in [0.15, 0.2) is 78.9 Å². The SMILES string of the molecule is Cc1ccccc1-c1ccc(C(=O)N2Cc3ccc([CH]CCl)n3Cc3ccccc32)cc1C. The largest absolute Gasteiger partial charge is 0.342 e. The van der Waals surface area contributed by atoms with Gasteiger partial charge in [0.1, 0.15) is 0 Å². The van der Waals surface area contributed by atoms with E-state index in [4.69, 9.17) is 11.6 Å². The molecule has 4 heteroatoms. The van der Waals surface area contributed by atoms with Crippen LogP contribution in [0, 0.1) is 20.3 Å². The van der Waals surface area contributed by atoms with Crippen molar-refractivity contribution in [3.8, 4) is 11.1 Å². The van der Waals surface area contributed by atoms with Gasteiger partial charge in [0, 0.05) is 41.5 Å². The van der Waals surface area contributed by atoms with Crippen LogP contribution in [0.4, 0.5) is 5.69 Å². The molecule has 1 amide bonds. The molecule has 0 bridgehead atoms. The zero-order valence-corrected chi connectivity index (χ0v) is 19.6. The van der Waals surface area contributed by atoms with E-state index in [1.807, 2.05) is 41.7 Å². The van der Waals surface area contributed by atoms with Gasteiger partial charge in [-0.2, -0.15) is 0 Å². The van der Waals surface area contributed by atoms with Gasteiger partial charge in [-0.1, -0.05) is 48.5 Å². The first-order valence-electron chi connectivity index (χ1n) is 11.2. The first-order chi connectivity index (χ1) is 16.1. The van der Waals surface area contributed by atoms with E-state index in [0.29, 0.717) is 18.0 Å². The lowest BCUT2D eigenvalue weighted by Crippen LogP contribution is -2.30. The summed E-state index contributed by atoms with van der Waals surface area (Å²) in [6.07, 6.45) is 2.01. The summed E-state index contributed by atoms with van der Waals surface area (Å²) < 4.78 is 2.25. The van der Waals surface area contributed by atoms with E-state index in [1.54, 1.807) is 0 Å². The topological polar surface area (TPSA) is 25.2 Å². The minimum absolute atomic E-state index is 0.0133. The zero-order chi connectivity index (χ0) is 22.9. The maximum absolute atomic E-state index is 13.8. The van der Waals surface area contributed by atoms with Gasteiger partial charge in [-0.25, -0.2) is 0 Å². The molecule has 1 aliphatic rings. The normalized spacial score (nSPS) is 12.8. The number of para-hydroxylation sites is 1. The van der Waals surface area contributed by atoms with Gasteiger partial charge in [0.15, 0.2) is 0 Å². The molecule has 0 N–H and O–H groups in total. The zero-order valence-electron chi connectivity index (χ0n) is 18.9. The molecule has 2 heterocycles. The van der Waals surface area contributed by atoms with Gasteiger partial charge in [-0.05, 0) is 72.0 Å². The predicted octanol–water partition coefficient (Wildman–Crippen LogP) is 6.77. The highest BCUT2D eigenvalue weighted by Crippen LogP contribution is 2.32. The van der Waals surface area contributed by atoms with E-state index >= 15 is 0 Å². The van der Waals surface area contributed by atoms with E-state index in [2.05, 4.69) is 66.9 Å². The summed E-state index contributed by atoms with van der Waals surface area (Å²) in [5, 5.41) is 0. The third-order valence-electron chi connectivity index (χ3n) is 6.48. The molecule has 3 nitrogen and oxygen atoms in total. The predicted molar refractivity (Wildman–Crippen MR) is 136 cm³/mol. The molecular weight excluding hydrogens is 428 g/mol. The van der Waals surface area contributed by atoms with Gasteiger partial charge in [0.2, 0.25) is 0 Å². The van der Waals surface area contributed by atoms with Gasteiger partial charge in [0.25, 0.3) is 5.91 Å². The summed E-state index contributed by atoms with van der Waals surface area (Å²) in [7, 11) is 0. The number of rotatable bonds is 4. The van der Waals surface area contributed by atoms with Gasteiger partial charge in [0.05, 0.1) is 6.54 Å². The highest BCUT2D eigenvalue weighted by molar-refractivity contribution is 6.18. The summed E-state index contributed by atoms with van der Waals surface area (Å²) in [5.74, 6) is 0.472. The smallest absolute Gasteiger partial charge is 0.258 e.